The minimum absolute atomic E-state index is 0.0272. The number of aliphatic carboxylic acids is 1. The standard InChI is InChI=1S/C37H32N2O6/c1-45-35(42)29-20-16-27(17-21-29)23-39-33(40)30-31(34(39)41)37(36(43)44,22-26-10-6-3-7-11-26)38-32(30)28-18-14-25(15-19-28)13-12-24-8-4-2-5-9-24/h2-21,30-32,38H,22-23H2,1H3,(H,43,44). The van der Waals surface area contributed by atoms with Crippen molar-refractivity contribution < 1.29 is 29.0 Å². The van der Waals surface area contributed by atoms with Gasteiger partial charge in [0.25, 0.3) is 0 Å². The van der Waals surface area contributed by atoms with Gasteiger partial charge >= 0.3 is 11.9 Å². The Balaban J connectivity index is 1.34. The van der Waals surface area contributed by atoms with Crippen molar-refractivity contribution in [3.63, 3.8) is 0 Å². The Labute approximate surface area is 261 Å². The summed E-state index contributed by atoms with van der Waals surface area (Å²) in [6.07, 6.45) is 4.01. The summed E-state index contributed by atoms with van der Waals surface area (Å²) >= 11 is 0. The van der Waals surface area contributed by atoms with E-state index in [1.165, 1.54) is 7.11 Å². The number of fused-ring (bicyclic) bond motifs is 1. The number of nitrogens with one attached hydrogen (secondary N) is 1. The molecule has 2 N–H and O–H groups in total. The van der Waals surface area contributed by atoms with Crippen LogP contribution in [0.4, 0.5) is 0 Å². The van der Waals surface area contributed by atoms with Crippen LogP contribution in [0.5, 0.6) is 0 Å². The summed E-state index contributed by atoms with van der Waals surface area (Å²) in [7, 11) is 1.29. The summed E-state index contributed by atoms with van der Waals surface area (Å²) in [5.41, 5.74) is 2.73. The molecule has 2 fully saturated rings. The van der Waals surface area contributed by atoms with Crippen LogP contribution >= 0.6 is 0 Å². The number of carbonyl (C=O) groups excluding carboxylic acids is 3. The van der Waals surface area contributed by atoms with Crippen LogP contribution < -0.4 is 5.32 Å². The molecule has 2 aliphatic heterocycles. The molecular weight excluding hydrogens is 568 g/mol. The number of amides is 2. The summed E-state index contributed by atoms with van der Waals surface area (Å²) in [5.74, 6) is -4.68. The molecule has 0 aromatic heterocycles. The molecule has 45 heavy (non-hydrogen) atoms. The van der Waals surface area contributed by atoms with Crippen molar-refractivity contribution in [2.45, 2.75) is 24.5 Å². The van der Waals surface area contributed by atoms with Crippen molar-refractivity contribution in [1.82, 2.24) is 10.2 Å². The smallest absolute Gasteiger partial charge is 0.337 e. The molecule has 2 aliphatic rings. The van der Waals surface area contributed by atoms with Crippen LogP contribution in [0, 0.1) is 11.8 Å². The van der Waals surface area contributed by atoms with Gasteiger partial charge in [0.15, 0.2) is 0 Å². The van der Waals surface area contributed by atoms with Gasteiger partial charge in [0.05, 0.1) is 31.1 Å². The second kappa shape index (κ2) is 12.3. The van der Waals surface area contributed by atoms with Crippen molar-refractivity contribution in [3.05, 3.63) is 143 Å². The molecule has 0 aliphatic carbocycles. The van der Waals surface area contributed by atoms with Crippen LogP contribution in [0.25, 0.3) is 12.2 Å². The number of ether oxygens (including phenoxy) is 1. The third-order valence-electron chi connectivity index (χ3n) is 8.73. The van der Waals surface area contributed by atoms with Crippen molar-refractivity contribution in [3.8, 4) is 0 Å². The van der Waals surface area contributed by atoms with E-state index in [1.807, 2.05) is 97.1 Å². The number of hydrogen-bond donors (Lipinski definition) is 2. The summed E-state index contributed by atoms with van der Waals surface area (Å²) in [6, 6.07) is 32.4. The summed E-state index contributed by atoms with van der Waals surface area (Å²) < 4.78 is 4.76. The number of carboxylic acid groups (broad SMARTS) is 1. The van der Waals surface area contributed by atoms with Gasteiger partial charge in [-0.15, -0.1) is 0 Å². The highest BCUT2D eigenvalue weighted by molar-refractivity contribution is 6.09. The zero-order valence-corrected chi connectivity index (χ0v) is 24.6. The highest BCUT2D eigenvalue weighted by atomic mass is 16.5. The Hall–Kier alpha value is -5.34. The van der Waals surface area contributed by atoms with E-state index in [4.69, 9.17) is 4.74 Å². The summed E-state index contributed by atoms with van der Waals surface area (Å²) in [6.45, 7) is -0.0386. The fourth-order valence-corrected chi connectivity index (χ4v) is 6.48. The quantitative estimate of drug-likeness (QED) is 0.155. The van der Waals surface area contributed by atoms with Gasteiger partial charge in [0.1, 0.15) is 5.54 Å². The SMILES string of the molecule is COC(=O)c1ccc(CN2C(=O)C3C(c4ccc(C=Cc5ccccc5)cc4)NC(Cc4ccccc4)(C(=O)O)C3C2=O)cc1. The zero-order chi connectivity index (χ0) is 31.6. The largest absolute Gasteiger partial charge is 0.480 e. The Morgan fingerprint density at radius 2 is 1.40 bits per heavy atom. The molecule has 4 atom stereocenters. The van der Waals surface area contributed by atoms with Crippen LogP contribution in [0.3, 0.4) is 0 Å². The minimum Gasteiger partial charge on any atom is -0.480 e. The molecule has 0 bridgehead atoms. The average molecular weight is 601 g/mol. The van der Waals surface area contributed by atoms with Crippen LogP contribution in [0.1, 0.15) is 44.2 Å². The lowest BCUT2D eigenvalue weighted by Gasteiger charge is -2.31. The van der Waals surface area contributed by atoms with Crippen LogP contribution in [0.2, 0.25) is 0 Å². The Kier molecular flexibility index (Phi) is 8.15. The number of nitrogens with zero attached hydrogens (tertiary/aromatic N) is 1. The maximum absolute atomic E-state index is 14.1. The molecule has 2 heterocycles. The average Bonchev–Trinajstić information content (AvgIpc) is 3.54. The van der Waals surface area contributed by atoms with Gasteiger partial charge in [-0.2, -0.15) is 0 Å². The van der Waals surface area contributed by atoms with Gasteiger partial charge in [-0.1, -0.05) is 109 Å². The summed E-state index contributed by atoms with van der Waals surface area (Å²) in [4.78, 5) is 54.4. The normalized spacial score (nSPS) is 22.5. The molecule has 0 radical (unpaired) electrons. The minimum atomic E-state index is -1.71. The lowest BCUT2D eigenvalue weighted by atomic mass is 9.76. The molecule has 8 heteroatoms. The highest BCUT2D eigenvalue weighted by Gasteiger charge is 2.68. The number of carboxylic acids is 1. The Morgan fingerprint density at radius 1 is 0.800 bits per heavy atom. The highest BCUT2D eigenvalue weighted by Crippen LogP contribution is 2.50. The Bertz CT molecular complexity index is 1750. The third-order valence-corrected chi connectivity index (χ3v) is 8.73. The Morgan fingerprint density at radius 3 is 2.00 bits per heavy atom. The van der Waals surface area contributed by atoms with E-state index in [0.717, 1.165) is 27.2 Å². The lowest BCUT2D eigenvalue weighted by molar-refractivity contribution is -0.151. The number of rotatable bonds is 9. The topological polar surface area (TPSA) is 113 Å². The number of esters is 1. The first kappa shape index (κ1) is 29.7. The van der Waals surface area contributed by atoms with Gasteiger partial charge in [-0.25, -0.2) is 4.79 Å². The van der Waals surface area contributed by atoms with Crippen molar-refractivity contribution in [1.29, 1.82) is 0 Å². The van der Waals surface area contributed by atoms with Gasteiger partial charge in [-0.05, 0) is 39.9 Å². The van der Waals surface area contributed by atoms with E-state index in [0.29, 0.717) is 11.1 Å². The molecule has 8 nitrogen and oxygen atoms in total. The number of hydrogen-bond acceptors (Lipinski definition) is 6. The maximum Gasteiger partial charge on any atom is 0.337 e. The first-order chi connectivity index (χ1) is 21.8. The van der Waals surface area contributed by atoms with Crippen molar-refractivity contribution >= 4 is 35.9 Å². The molecule has 6 rings (SSSR count). The second-order valence-corrected chi connectivity index (χ2v) is 11.4. The fourth-order valence-electron chi connectivity index (χ4n) is 6.48. The predicted octanol–water partition coefficient (Wildman–Crippen LogP) is 5.16. The molecule has 2 saturated heterocycles. The van der Waals surface area contributed by atoms with Gasteiger partial charge in [0, 0.05) is 12.5 Å². The van der Waals surface area contributed by atoms with Gasteiger partial charge in [0.2, 0.25) is 11.8 Å². The third kappa shape index (κ3) is 5.68. The second-order valence-electron chi connectivity index (χ2n) is 11.4. The number of carbonyl (C=O) groups is 4. The van der Waals surface area contributed by atoms with Gasteiger partial charge in [-0.3, -0.25) is 24.6 Å². The van der Waals surface area contributed by atoms with Gasteiger partial charge < -0.3 is 9.84 Å². The first-order valence-electron chi connectivity index (χ1n) is 14.7. The zero-order valence-electron chi connectivity index (χ0n) is 24.6. The maximum atomic E-state index is 14.1. The molecule has 0 saturated carbocycles. The molecule has 0 spiro atoms. The molecular formula is C37H32N2O6. The molecule has 4 unspecified atom stereocenters. The van der Waals surface area contributed by atoms with E-state index in [-0.39, 0.29) is 13.0 Å². The van der Waals surface area contributed by atoms with Crippen molar-refractivity contribution in [2.24, 2.45) is 11.8 Å². The number of imide groups is 1. The number of benzene rings is 4. The van der Waals surface area contributed by atoms with E-state index < -0.39 is 47.2 Å². The number of likely N-dealkylation sites (tertiary alicyclic amines) is 1. The van der Waals surface area contributed by atoms with Crippen molar-refractivity contribution in [2.75, 3.05) is 7.11 Å². The molecule has 4 aromatic rings. The molecule has 226 valence electrons. The van der Waals surface area contributed by atoms with Crippen LogP contribution in [0.15, 0.2) is 109 Å². The molecule has 2 amide bonds. The van der Waals surface area contributed by atoms with E-state index >= 15 is 0 Å². The first-order valence-corrected chi connectivity index (χ1v) is 14.7. The number of methoxy groups -OCH3 is 1. The van der Waals surface area contributed by atoms with E-state index in [1.54, 1.807) is 24.3 Å². The van der Waals surface area contributed by atoms with Crippen LogP contribution in [-0.2, 0) is 32.1 Å². The van der Waals surface area contributed by atoms with E-state index in [2.05, 4.69) is 5.32 Å². The predicted molar refractivity (Wildman–Crippen MR) is 169 cm³/mol. The summed E-state index contributed by atoms with van der Waals surface area (Å²) in [5, 5.41) is 14.0. The fraction of sp³-hybridized carbons (Fsp3) is 0.189. The van der Waals surface area contributed by atoms with E-state index in [9.17, 15) is 24.3 Å². The van der Waals surface area contributed by atoms with Crippen LogP contribution in [-0.4, -0.2) is 46.4 Å². The monoisotopic (exact) mass is 600 g/mol. The lowest BCUT2D eigenvalue weighted by Crippen LogP contribution is -2.57. The molecule has 4 aromatic carbocycles.